The molecule has 7 aromatic carbocycles. The lowest BCUT2D eigenvalue weighted by molar-refractivity contribution is -0.0281. The van der Waals surface area contributed by atoms with E-state index in [9.17, 15) is 0 Å². The van der Waals surface area contributed by atoms with Crippen molar-refractivity contribution in [3.05, 3.63) is 202 Å². The van der Waals surface area contributed by atoms with E-state index in [1.807, 2.05) is 11.3 Å². The van der Waals surface area contributed by atoms with Gasteiger partial charge in [-0.2, -0.15) is 0 Å². The van der Waals surface area contributed by atoms with Crippen LogP contribution in [0.3, 0.4) is 0 Å². The summed E-state index contributed by atoms with van der Waals surface area (Å²) in [6.45, 7) is 13.7. The number of hydrogen-bond acceptors (Lipinski definition) is 2. The van der Waals surface area contributed by atoms with Gasteiger partial charge in [0.25, 0.3) is 0 Å². The average Bonchev–Trinajstić information content (AvgIpc) is 3.69. The Hall–Kier alpha value is -6.03. The van der Waals surface area contributed by atoms with Crippen LogP contribution in [0.1, 0.15) is 83.0 Å². The zero-order chi connectivity index (χ0) is 44.9. The van der Waals surface area contributed by atoms with E-state index in [-0.39, 0.29) is 17.5 Å². The first-order chi connectivity index (χ1) is 32.0. The molecule has 0 radical (unpaired) electrons. The molecule has 2 unspecified atom stereocenters. The maximum atomic E-state index is 5.38. The average molecular weight is 872 g/mol. The second-order valence-corrected chi connectivity index (χ2v) is 22.1. The molecule has 0 N–H and O–H groups in total. The Morgan fingerprint density at radius 1 is 0.485 bits per heavy atom. The van der Waals surface area contributed by atoms with Gasteiger partial charge in [-0.25, -0.2) is 4.98 Å². The van der Waals surface area contributed by atoms with Gasteiger partial charge in [0.2, 0.25) is 6.71 Å². The summed E-state index contributed by atoms with van der Waals surface area (Å²) in [4.78, 5) is 5.38. The summed E-state index contributed by atoms with van der Waals surface area (Å²) in [5.74, 6) is 1.59. The van der Waals surface area contributed by atoms with Crippen molar-refractivity contribution in [2.24, 2.45) is 11.8 Å². The van der Waals surface area contributed by atoms with Crippen LogP contribution in [-0.2, 0) is 10.8 Å². The van der Waals surface area contributed by atoms with Gasteiger partial charge < -0.3 is 0 Å². The van der Waals surface area contributed by atoms with Crippen LogP contribution in [0, 0.1) is 53.4 Å². The highest BCUT2D eigenvalue weighted by Crippen LogP contribution is 2.66. The Morgan fingerprint density at radius 3 is 1.61 bits per heavy atom. The first-order valence-corrected chi connectivity index (χ1v) is 25.2. The maximum absolute atomic E-state index is 5.38. The third-order valence-electron chi connectivity index (χ3n) is 16.4. The lowest BCUT2D eigenvalue weighted by atomic mass is 9.34. The molecule has 66 heavy (non-hydrogen) atoms. The number of fused-ring (bicyclic) bond motifs is 3. The molecule has 1 nitrogen and oxygen atoms in total. The lowest BCUT2D eigenvalue weighted by Gasteiger charge is -2.63. The normalized spacial score (nSPS) is 20.9. The van der Waals surface area contributed by atoms with E-state index in [1.165, 1.54) is 131 Å². The number of pyridine rings is 1. The summed E-state index contributed by atoms with van der Waals surface area (Å²) in [5.41, 5.74) is 22.8. The van der Waals surface area contributed by atoms with Crippen molar-refractivity contribution in [3.63, 3.8) is 0 Å². The first-order valence-electron chi connectivity index (χ1n) is 24.4. The number of rotatable bonds is 8. The van der Waals surface area contributed by atoms with Crippen molar-refractivity contribution in [2.75, 3.05) is 0 Å². The molecule has 0 amide bonds. The molecule has 4 bridgehead atoms. The van der Waals surface area contributed by atoms with Gasteiger partial charge in [0.1, 0.15) is 0 Å². The van der Waals surface area contributed by atoms with Crippen molar-refractivity contribution in [2.45, 2.75) is 90.9 Å². The molecular weight excluding hydrogens is 814 g/mol. The lowest BCUT2D eigenvalue weighted by Crippen LogP contribution is -2.55. The highest BCUT2D eigenvalue weighted by molar-refractivity contribution is 7.26. The fourth-order valence-corrected chi connectivity index (χ4v) is 15.6. The molecule has 4 aliphatic carbocycles. The minimum atomic E-state index is 0.123. The summed E-state index contributed by atoms with van der Waals surface area (Å²) >= 11 is 1.93. The van der Waals surface area contributed by atoms with E-state index >= 15 is 0 Å². The number of aromatic nitrogens is 1. The smallest absolute Gasteiger partial charge is 0.242 e. The topological polar surface area (TPSA) is 12.9 Å². The van der Waals surface area contributed by atoms with Crippen LogP contribution in [0.2, 0.25) is 0 Å². The second-order valence-electron chi connectivity index (χ2n) is 21.0. The van der Waals surface area contributed by atoms with Crippen LogP contribution in [-0.4, -0.2) is 11.7 Å². The van der Waals surface area contributed by atoms with Gasteiger partial charge in [-0.1, -0.05) is 189 Å². The van der Waals surface area contributed by atoms with Gasteiger partial charge in [-0.15, -0.1) is 11.3 Å². The molecule has 0 saturated heterocycles. The Morgan fingerprint density at radius 2 is 1.00 bits per heavy atom. The highest BCUT2D eigenvalue weighted by Gasteiger charge is 2.58. The monoisotopic (exact) mass is 871 g/mol. The molecular formula is C63H58BNS. The standard InChI is InChI=1S/C63H58BNS/c1-39-28-41(3)59(42(4)29-39)64(60-43(5)30-40(2)31-44(60)6)52-13-9-12-49(33-52)57-18-11-17-56(65-57)48-22-26-51(27-23-48)63-36-45-32-46(37-63)35-62(34-45,38-63)50-24-20-47(21-25-50)53-15-10-16-55-54-14-7-8-19-58(54)66-61(53)55/h7-31,33,45-46H,32,34-38H2,1-6H3. The van der Waals surface area contributed by atoms with Crippen molar-refractivity contribution in [1.82, 2.24) is 4.98 Å². The zero-order valence-electron chi connectivity index (χ0n) is 39.3. The van der Waals surface area contributed by atoms with E-state index in [0.29, 0.717) is 0 Å². The van der Waals surface area contributed by atoms with Gasteiger partial charge in [0.15, 0.2) is 0 Å². The van der Waals surface area contributed by atoms with Crippen molar-refractivity contribution in [3.8, 4) is 33.6 Å². The SMILES string of the molecule is Cc1cc(C)c(B(c2cccc(-c3cccc(-c4ccc(C56CC7CC(C5)CC(c5ccc(-c8cccc9c8sc8ccccc89)cc5)(C7)C6)cc4)n3)c2)c2c(C)cc(C)cc2C)c(C)c1. The molecule has 3 heteroatoms. The van der Waals surface area contributed by atoms with Gasteiger partial charge in [0.05, 0.1) is 11.4 Å². The van der Waals surface area contributed by atoms with E-state index < -0.39 is 0 Å². The molecule has 0 aliphatic heterocycles. The summed E-state index contributed by atoms with van der Waals surface area (Å²) in [6.07, 6.45) is 7.98. The van der Waals surface area contributed by atoms with Gasteiger partial charge in [-0.3, -0.25) is 0 Å². The summed E-state index contributed by atoms with van der Waals surface area (Å²) < 4.78 is 2.77. The van der Waals surface area contributed by atoms with Crippen LogP contribution in [0.25, 0.3) is 53.8 Å². The van der Waals surface area contributed by atoms with Crippen LogP contribution in [0.5, 0.6) is 0 Å². The Labute approximate surface area is 396 Å². The molecule has 4 saturated carbocycles. The van der Waals surface area contributed by atoms with E-state index in [2.05, 4.69) is 199 Å². The van der Waals surface area contributed by atoms with Gasteiger partial charge >= 0.3 is 0 Å². The molecule has 13 rings (SSSR count). The highest BCUT2D eigenvalue weighted by atomic mass is 32.1. The number of nitrogens with zero attached hydrogens (tertiary/aromatic N) is 1. The van der Waals surface area contributed by atoms with Crippen molar-refractivity contribution < 1.29 is 0 Å². The van der Waals surface area contributed by atoms with Crippen molar-refractivity contribution >= 4 is 54.6 Å². The third-order valence-corrected chi connectivity index (χ3v) is 17.6. The number of hydrogen-bond donors (Lipinski definition) is 0. The first kappa shape index (κ1) is 41.4. The Balaban J connectivity index is 0.837. The van der Waals surface area contributed by atoms with E-state index in [1.54, 1.807) is 5.56 Å². The molecule has 2 heterocycles. The van der Waals surface area contributed by atoms with Crippen LogP contribution >= 0.6 is 11.3 Å². The number of benzene rings is 7. The van der Waals surface area contributed by atoms with Gasteiger partial charge in [-0.05, 0) is 149 Å². The van der Waals surface area contributed by atoms with Crippen LogP contribution in [0.15, 0.2) is 158 Å². The predicted molar refractivity (Wildman–Crippen MR) is 284 cm³/mol. The summed E-state index contributed by atoms with van der Waals surface area (Å²) in [5, 5.41) is 2.74. The number of aryl methyl sites for hydroxylation is 6. The largest absolute Gasteiger partial charge is 0.248 e. The molecule has 2 aromatic heterocycles. The fourth-order valence-electron chi connectivity index (χ4n) is 14.3. The molecule has 9 aromatic rings. The fraction of sp³-hybridized carbons (Fsp3) is 0.254. The quantitative estimate of drug-likeness (QED) is 0.139. The van der Waals surface area contributed by atoms with E-state index in [0.717, 1.165) is 28.8 Å². The molecule has 2 atom stereocenters. The zero-order valence-corrected chi connectivity index (χ0v) is 40.2. The predicted octanol–water partition coefficient (Wildman–Crippen LogP) is 14.6. The molecule has 324 valence electrons. The minimum absolute atomic E-state index is 0.123. The van der Waals surface area contributed by atoms with Crippen molar-refractivity contribution in [1.29, 1.82) is 0 Å². The third kappa shape index (κ3) is 6.91. The minimum Gasteiger partial charge on any atom is -0.248 e. The molecule has 4 fully saturated rings. The van der Waals surface area contributed by atoms with E-state index in [4.69, 9.17) is 4.98 Å². The van der Waals surface area contributed by atoms with Gasteiger partial charge in [0, 0.05) is 25.7 Å². The molecule has 0 spiro atoms. The molecule has 4 aliphatic rings. The maximum Gasteiger partial charge on any atom is 0.242 e. The second kappa shape index (κ2) is 15.8. The summed E-state index contributed by atoms with van der Waals surface area (Å²) in [6, 6.07) is 60.4. The van der Waals surface area contributed by atoms with Crippen LogP contribution in [0.4, 0.5) is 0 Å². The Kier molecular flexibility index (Phi) is 9.92. The number of thiophene rings is 1. The Bertz CT molecular complexity index is 3240. The summed E-state index contributed by atoms with van der Waals surface area (Å²) in [7, 11) is 0. The van der Waals surface area contributed by atoms with Crippen LogP contribution < -0.4 is 16.4 Å².